The first-order valence-corrected chi connectivity index (χ1v) is 5.82. The topological polar surface area (TPSA) is 64.6 Å². The van der Waals surface area contributed by atoms with E-state index in [9.17, 15) is 9.59 Å². The van der Waals surface area contributed by atoms with E-state index in [-0.39, 0.29) is 18.5 Å². The number of nitrogens with one attached hydrogen (secondary N) is 1. The molecular formula is C13H15NO4. The summed E-state index contributed by atoms with van der Waals surface area (Å²) in [7, 11) is 0. The van der Waals surface area contributed by atoms with Crippen LogP contribution in [0, 0.1) is 0 Å². The first-order chi connectivity index (χ1) is 8.61. The van der Waals surface area contributed by atoms with Crippen LogP contribution in [-0.4, -0.2) is 24.5 Å². The zero-order chi connectivity index (χ0) is 13.1. The maximum absolute atomic E-state index is 12.2. The van der Waals surface area contributed by atoms with E-state index in [4.69, 9.17) is 9.47 Å². The van der Waals surface area contributed by atoms with Crippen molar-refractivity contribution in [3.63, 3.8) is 0 Å². The summed E-state index contributed by atoms with van der Waals surface area (Å²) in [5.41, 5.74) is 0.514. The summed E-state index contributed by atoms with van der Waals surface area (Å²) < 4.78 is 10.4. The number of fused-ring (bicyclic) bond motifs is 1. The standard InChI is InChI=1S/C13H15NO4/c1-3-10(14-8(2)15)13(16)9-4-5-11-12(6-9)18-7-17-11/h4-6,10H,3,7H2,1-2H3,(H,14,15). The first kappa shape index (κ1) is 12.4. The highest BCUT2D eigenvalue weighted by atomic mass is 16.7. The van der Waals surface area contributed by atoms with Crippen LogP contribution in [0.5, 0.6) is 11.5 Å². The summed E-state index contributed by atoms with van der Waals surface area (Å²) in [6, 6.07) is 4.54. The molecule has 0 saturated heterocycles. The number of benzene rings is 1. The summed E-state index contributed by atoms with van der Waals surface area (Å²) in [5.74, 6) is 0.875. The minimum Gasteiger partial charge on any atom is -0.454 e. The van der Waals surface area contributed by atoms with Gasteiger partial charge in [0.1, 0.15) is 0 Å². The molecule has 2 rings (SSSR count). The third-order valence-corrected chi connectivity index (χ3v) is 2.76. The number of carbonyl (C=O) groups excluding carboxylic acids is 2. The van der Waals surface area contributed by atoms with Crippen LogP contribution in [0.1, 0.15) is 30.6 Å². The van der Waals surface area contributed by atoms with E-state index in [1.165, 1.54) is 6.92 Å². The molecule has 0 aliphatic carbocycles. The molecule has 96 valence electrons. The Kier molecular flexibility index (Phi) is 3.50. The number of carbonyl (C=O) groups is 2. The SMILES string of the molecule is CCC(NC(C)=O)C(=O)c1ccc2c(c1)OCO2. The number of ether oxygens (including phenoxy) is 2. The van der Waals surface area contributed by atoms with Crippen molar-refractivity contribution >= 4 is 11.7 Å². The lowest BCUT2D eigenvalue weighted by Gasteiger charge is -2.14. The number of ketones is 1. The second-order valence-corrected chi connectivity index (χ2v) is 4.09. The molecule has 1 atom stereocenters. The summed E-state index contributed by atoms with van der Waals surface area (Å²) in [6.07, 6.45) is 0.548. The molecule has 5 heteroatoms. The summed E-state index contributed by atoms with van der Waals surface area (Å²) in [4.78, 5) is 23.2. The van der Waals surface area contributed by atoms with Gasteiger partial charge in [-0.15, -0.1) is 0 Å². The first-order valence-electron chi connectivity index (χ1n) is 5.82. The molecule has 0 fully saturated rings. The van der Waals surface area contributed by atoms with Gasteiger partial charge in [-0.3, -0.25) is 9.59 Å². The number of hydrogen-bond donors (Lipinski definition) is 1. The normalized spacial score (nSPS) is 14.1. The largest absolute Gasteiger partial charge is 0.454 e. The van der Waals surface area contributed by atoms with E-state index < -0.39 is 6.04 Å². The van der Waals surface area contributed by atoms with Crippen molar-refractivity contribution in [3.8, 4) is 11.5 Å². The fraction of sp³-hybridized carbons (Fsp3) is 0.385. The van der Waals surface area contributed by atoms with Crippen LogP contribution in [0.25, 0.3) is 0 Å². The second-order valence-electron chi connectivity index (χ2n) is 4.09. The van der Waals surface area contributed by atoms with Crippen LogP contribution in [0.3, 0.4) is 0 Å². The lowest BCUT2D eigenvalue weighted by atomic mass is 10.0. The zero-order valence-electron chi connectivity index (χ0n) is 10.4. The lowest BCUT2D eigenvalue weighted by molar-refractivity contribution is -0.119. The summed E-state index contributed by atoms with van der Waals surface area (Å²) in [5, 5.41) is 2.63. The maximum Gasteiger partial charge on any atom is 0.231 e. The Morgan fingerprint density at radius 3 is 2.72 bits per heavy atom. The van der Waals surface area contributed by atoms with Crippen LogP contribution in [0.15, 0.2) is 18.2 Å². The molecule has 1 aromatic rings. The minimum absolute atomic E-state index is 0.119. The fourth-order valence-electron chi connectivity index (χ4n) is 1.85. The molecule has 1 aliphatic heterocycles. The molecule has 0 aromatic heterocycles. The molecule has 5 nitrogen and oxygen atoms in total. The van der Waals surface area contributed by atoms with Crippen molar-refractivity contribution in [2.24, 2.45) is 0 Å². The average molecular weight is 249 g/mol. The molecule has 1 amide bonds. The minimum atomic E-state index is -0.497. The van der Waals surface area contributed by atoms with E-state index in [0.29, 0.717) is 23.5 Å². The van der Waals surface area contributed by atoms with Gasteiger partial charge in [0.25, 0.3) is 0 Å². The van der Waals surface area contributed by atoms with E-state index in [0.717, 1.165) is 0 Å². The van der Waals surface area contributed by atoms with Crippen LogP contribution >= 0.6 is 0 Å². The van der Waals surface area contributed by atoms with Gasteiger partial charge in [0.2, 0.25) is 12.7 Å². The highest BCUT2D eigenvalue weighted by molar-refractivity contribution is 6.02. The van der Waals surface area contributed by atoms with Crippen molar-refractivity contribution in [1.82, 2.24) is 5.32 Å². The van der Waals surface area contributed by atoms with Gasteiger partial charge in [-0.25, -0.2) is 0 Å². The van der Waals surface area contributed by atoms with Crippen molar-refractivity contribution in [1.29, 1.82) is 0 Å². The van der Waals surface area contributed by atoms with Crippen LogP contribution < -0.4 is 14.8 Å². The van der Waals surface area contributed by atoms with Crippen molar-refractivity contribution < 1.29 is 19.1 Å². The van der Waals surface area contributed by atoms with Gasteiger partial charge in [0, 0.05) is 12.5 Å². The quantitative estimate of drug-likeness (QED) is 0.821. The Bertz CT molecular complexity index is 484. The molecule has 1 heterocycles. The molecule has 1 unspecified atom stereocenters. The van der Waals surface area contributed by atoms with Gasteiger partial charge in [0.05, 0.1) is 6.04 Å². The van der Waals surface area contributed by atoms with Crippen molar-refractivity contribution in [3.05, 3.63) is 23.8 Å². The third-order valence-electron chi connectivity index (χ3n) is 2.76. The predicted octanol–water partition coefficient (Wildman–Crippen LogP) is 1.51. The Balaban J connectivity index is 2.19. The number of Topliss-reactive ketones (excluding diaryl/α,β-unsaturated/α-hetero) is 1. The molecular weight excluding hydrogens is 234 g/mol. The molecule has 0 radical (unpaired) electrons. The highest BCUT2D eigenvalue weighted by Crippen LogP contribution is 2.32. The molecule has 1 aromatic carbocycles. The zero-order valence-corrected chi connectivity index (χ0v) is 10.4. The molecule has 0 spiro atoms. The van der Waals surface area contributed by atoms with Gasteiger partial charge in [0.15, 0.2) is 17.3 Å². The smallest absolute Gasteiger partial charge is 0.231 e. The van der Waals surface area contributed by atoms with Gasteiger partial charge in [-0.2, -0.15) is 0 Å². The Morgan fingerprint density at radius 1 is 1.33 bits per heavy atom. The lowest BCUT2D eigenvalue weighted by Crippen LogP contribution is -2.39. The van der Waals surface area contributed by atoms with Crippen LogP contribution in [-0.2, 0) is 4.79 Å². The molecule has 0 bridgehead atoms. The van der Waals surface area contributed by atoms with Gasteiger partial charge >= 0.3 is 0 Å². The number of hydrogen-bond acceptors (Lipinski definition) is 4. The van der Waals surface area contributed by atoms with E-state index in [1.807, 2.05) is 6.92 Å². The number of rotatable bonds is 4. The van der Waals surface area contributed by atoms with Crippen molar-refractivity contribution in [2.45, 2.75) is 26.3 Å². The Morgan fingerprint density at radius 2 is 2.06 bits per heavy atom. The third kappa shape index (κ3) is 2.45. The van der Waals surface area contributed by atoms with Crippen LogP contribution in [0.2, 0.25) is 0 Å². The Hall–Kier alpha value is -2.04. The highest BCUT2D eigenvalue weighted by Gasteiger charge is 2.22. The van der Waals surface area contributed by atoms with Gasteiger partial charge < -0.3 is 14.8 Å². The maximum atomic E-state index is 12.2. The predicted molar refractivity (Wildman–Crippen MR) is 64.8 cm³/mol. The molecule has 1 N–H and O–H groups in total. The molecule has 0 saturated carbocycles. The van der Waals surface area contributed by atoms with Crippen LogP contribution in [0.4, 0.5) is 0 Å². The molecule has 1 aliphatic rings. The van der Waals surface area contributed by atoms with E-state index in [1.54, 1.807) is 18.2 Å². The van der Waals surface area contributed by atoms with E-state index >= 15 is 0 Å². The fourth-order valence-corrected chi connectivity index (χ4v) is 1.85. The number of amides is 1. The second kappa shape index (κ2) is 5.08. The Labute approximate surface area is 105 Å². The monoisotopic (exact) mass is 249 g/mol. The van der Waals surface area contributed by atoms with Gasteiger partial charge in [-0.1, -0.05) is 6.92 Å². The van der Waals surface area contributed by atoms with Gasteiger partial charge in [-0.05, 0) is 24.6 Å². The molecule has 18 heavy (non-hydrogen) atoms. The van der Waals surface area contributed by atoms with E-state index in [2.05, 4.69) is 5.32 Å². The summed E-state index contributed by atoms with van der Waals surface area (Å²) in [6.45, 7) is 3.43. The average Bonchev–Trinajstić information content (AvgIpc) is 2.81. The van der Waals surface area contributed by atoms with Crippen molar-refractivity contribution in [2.75, 3.05) is 6.79 Å². The summed E-state index contributed by atoms with van der Waals surface area (Å²) >= 11 is 0.